The highest BCUT2D eigenvalue weighted by atomic mass is 32.2. The Morgan fingerprint density at radius 1 is 1.14 bits per heavy atom. The summed E-state index contributed by atoms with van der Waals surface area (Å²) in [5.41, 5.74) is 2.59. The first-order valence-electron chi connectivity index (χ1n) is 7.04. The van der Waals surface area contributed by atoms with Crippen molar-refractivity contribution in [3.05, 3.63) is 59.9 Å². The summed E-state index contributed by atoms with van der Waals surface area (Å²) in [6, 6.07) is 14.7. The highest BCUT2D eigenvalue weighted by molar-refractivity contribution is 7.89. The maximum atomic E-state index is 12.3. The fourth-order valence-corrected chi connectivity index (χ4v) is 3.40. The van der Waals surface area contributed by atoms with Crippen molar-refractivity contribution in [1.82, 2.24) is 14.7 Å². The van der Waals surface area contributed by atoms with E-state index in [4.69, 9.17) is 0 Å². The monoisotopic (exact) mass is 315 g/mol. The molecule has 0 aliphatic rings. The second kappa shape index (κ2) is 5.90. The summed E-state index contributed by atoms with van der Waals surface area (Å²) in [7, 11) is -3.51. The van der Waals surface area contributed by atoms with Crippen LogP contribution in [0.1, 0.15) is 11.4 Å². The third kappa shape index (κ3) is 3.18. The molecule has 0 saturated heterocycles. The number of imidazole rings is 1. The Bertz CT molecular complexity index is 886. The number of aryl methyl sites for hydroxylation is 1. The van der Waals surface area contributed by atoms with E-state index in [0.29, 0.717) is 13.0 Å². The SMILES string of the molecule is Cc1nc2ccc(S(=O)(=O)NCCc3ccccc3)cc2[nH]1. The molecule has 0 bridgehead atoms. The van der Waals surface area contributed by atoms with Gasteiger partial charge in [-0.2, -0.15) is 0 Å². The van der Waals surface area contributed by atoms with Gasteiger partial charge in [0.2, 0.25) is 10.0 Å². The van der Waals surface area contributed by atoms with Crippen molar-refractivity contribution in [3.63, 3.8) is 0 Å². The highest BCUT2D eigenvalue weighted by Crippen LogP contribution is 2.17. The van der Waals surface area contributed by atoms with E-state index in [1.54, 1.807) is 18.2 Å². The van der Waals surface area contributed by atoms with Crippen LogP contribution in [-0.2, 0) is 16.4 Å². The number of benzene rings is 2. The van der Waals surface area contributed by atoms with Gasteiger partial charge < -0.3 is 4.98 Å². The maximum absolute atomic E-state index is 12.3. The molecular formula is C16H17N3O2S. The van der Waals surface area contributed by atoms with Crippen LogP contribution in [0, 0.1) is 6.92 Å². The molecule has 0 atom stereocenters. The van der Waals surface area contributed by atoms with Gasteiger partial charge in [0.15, 0.2) is 0 Å². The van der Waals surface area contributed by atoms with Crippen molar-refractivity contribution in [2.75, 3.05) is 6.54 Å². The summed E-state index contributed by atoms with van der Waals surface area (Å²) in [4.78, 5) is 7.56. The lowest BCUT2D eigenvalue weighted by Gasteiger charge is -2.07. The largest absolute Gasteiger partial charge is 0.342 e. The van der Waals surface area contributed by atoms with Crippen LogP contribution in [0.5, 0.6) is 0 Å². The number of nitrogens with zero attached hydrogens (tertiary/aromatic N) is 1. The number of H-pyrrole nitrogens is 1. The number of fused-ring (bicyclic) bond motifs is 1. The number of aromatic nitrogens is 2. The lowest BCUT2D eigenvalue weighted by Crippen LogP contribution is -2.25. The van der Waals surface area contributed by atoms with Crippen LogP contribution in [0.15, 0.2) is 53.4 Å². The van der Waals surface area contributed by atoms with Gasteiger partial charge in [0.05, 0.1) is 15.9 Å². The van der Waals surface area contributed by atoms with Crippen LogP contribution >= 0.6 is 0 Å². The average Bonchev–Trinajstić information content (AvgIpc) is 2.87. The molecule has 0 aliphatic carbocycles. The van der Waals surface area contributed by atoms with Gasteiger partial charge in [-0.1, -0.05) is 30.3 Å². The van der Waals surface area contributed by atoms with E-state index in [1.807, 2.05) is 37.3 Å². The van der Waals surface area contributed by atoms with Gasteiger partial charge in [-0.15, -0.1) is 0 Å². The first-order chi connectivity index (χ1) is 10.5. The normalized spacial score (nSPS) is 11.9. The minimum absolute atomic E-state index is 0.247. The third-order valence-electron chi connectivity index (χ3n) is 3.43. The van der Waals surface area contributed by atoms with Gasteiger partial charge in [-0.25, -0.2) is 18.1 Å². The molecule has 0 amide bonds. The molecule has 1 aromatic heterocycles. The van der Waals surface area contributed by atoms with Crippen molar-refractivity contribution in [1.29, 1.82) is 0 Å². The zero-order valence-electron chi connectivity index (χ0n) is 12.2. The van der Waals surface area contributed by atoms with Crippen LogP contribution in [-0.4, -0.2) is 24.9 Å². The van der Waals surface area contributed by atoms with E-state index in [0.717, 1.165) is 22.4 Å². The fourth-order valence-electron chi connectivity index (χ4n) is 2.34. The second-order valence-corrected chi connectivity index (χ2v) is 6.90. The van der Waals surface area contributed by atoms with E-state index in [-0.39, 0.29) is 4.90 Å². The van der Waals surface area contributed by atoms with Crippen LogP contribution in [0.4, 0.5) is 0 Å². The summed E-state index contributed by atoms with van der Waals surface area (Å²) in [6.45, 7) is 2.21. The standard InChI is InChI=1S/C16H17N3O2S/c1-12-18-15-8-7-14(11-16(15)19-12)22(20,21)17-10-9-13-5-3-2-4-6-13/h2-8,11,17H,9-10H2,1H3,(H,18,19). The van der Waals surface area contributed by atoms with E-state index < -0.39 is 10.0 Å². The average molecular weight is 315 g/mol. The van der Waals surface area contributed by atoms with Crippen molar-refractivity contribution >= 4 is 21.1 Å². The summed E-state index contributed by atoms with van der Waals surface area (Å²) >= 11 is 0. The topological polar surface area (TPSA) is 74.8 Å². The molecule has 22 heavy (non-hydrogen) atoms. The summed E-state index contributed by atoms with van der Waals surface area (Å²) in [6.07, 6.45) is 0.658. The molecular weight excluding hydrogens is 298 g/mol. The number of hydrogen-bond acceptors (Lipinski definition) is 3. The van der Waals surface area contributed by atoms with Crippen LogP contribution < -0.4 is 4.72 Å². The van der Waals surface area contributed by atoms with Gasteiger partial charge >= 0.3 is 0 Å². The Labute approximate surface area is 129 Å². The lowest BCUT2D eigenvalue weighted by molar-refractivity contribution is 0.582. The van der Waals surface area contributed by atoms with Crippen molar-refractivity contribution in [3.8, 4) is 0 Å². The molecule has 0 fully saturated rings. The smallest absolute Gasteiger partial charge is 0.240 e. The van der Waals surface area contributed by atoms with Gasteiger partial charge in [-0.05, 0) is 37.1 Å². The number of hydrogen-bond donors (Lipinski definition) is 2. The predicted molar refractivity (Wildman–Crippen MR) is 86.2 cm³/mol. The molecule has 3 aromatic rings. The quantitative estimate of drug-likeness (QED) is 0.759. The molecule has 5 nitrogen and oxygen atoms in total. The Morgan fingerprint density at radius 2 is 1.91 bits per heavy atom. The van der Waals surface area contributed by atoms with E-state index >= 15 is 0 Å². The fraction of sp³-hybridized carbons (Fsp3) is 0.188. The lowest BCUT2D eigenvalue weighted by atomic mass is 10.2. The third-order valence-corrected chi connectivity index (χ3v) is 4.89. The molecule has 1 heterocycles. The number of rotatable bonds is 5. The minimum Gasteiger partial charge on any atom is -0.342 e. The molecule has 2 N–H and O–H groups in total. The zero-order chi connectivity index (χ0) is 15.6. The molecule has 0 aliphatic heterocycles. The molecule has 114 valence electrons. The minimum atomic E-state index is -3.51. The van der Waals surface area contributed by atoms with Gasteiger partial charge in [0.1, 0.15) is 5.82 Å². The Morgan fingerprint density at radius 3 is 2.68 bits per heavy atom. The molecule has 0 unspecified atom stereocenters. The first kappa shape index (κ1) is 14.7. The number of aromatic amines is 1. The Hall–Kier alpha value is -2.18. The number of nitrogens with one attached hydrogen (secondary N) is 2. The van der Waals surface area contributed by atoms with Crippen molar-refractivity contribution < 1.29 is 8.42 Å². The van der Waals surface area contributed by atoms with Crippen LogP contribution in [0.3, 0.4) is 0 Å². The van der Waals surface area contributed by atoms with Gasteiger partial charge in [-0.3, -0.25) is 0 Å². The van der Waals surface area contributed by atoms with Gasteiger partial charge in [0, 0.05) is 6.54 Å². The molecule has 6 heteroatoms. The Kier molecular flexibility index (Phi) is 3.96. The predicted octanol–water partition coefficient (Wildman–Crippen LogP) is 2.39. The second-order valence-electron chi connectivity index (χ2n) is 5.13. The molecule has 0 saturated carbocycles. The van der Waals surface area contributed by atoms with Crippen LogP contribution in [0.2, 0.25) is 0 Å². The van der Waals surface area contributed by atoms with E-state index in [2.05, 4.69) is 14.7 Å². The Balaban J connectivity index is 1.73. The van der Waals surface area contributed by atoms with E-state index in [1.165, 1.54) is 0 Å². The van der Waals surface area contributed by atoms with Crippen molar-refractivity contribution in [2.45, 2.75) is 18.2 Å². The zero-order valence-corrected chi connectivity index (χ0v) is 13.0. The molecule has 2 aromatic carbocycles. The summed E-state index contributed by atoms with van der Waals surface area (Å²) in [5, 5.41) is 0. The maximum Gasteiger partial charge on any atom is 0.240 e. The van der Waals surface area contributed by atoms with Crippen LogP contribution in [0.25, 0.3) is 11.0 Å². The van der Waals surface area contributed by atoms with E-state index in [9.17, 15) is 8.42 Å². The molecule has 3 rings (SSSR count). The summed E-state index contributed by atoms with van der Waals surface area (Å²) in [5.74, 6) is 0.765. The molecule has 0 radical (unpaired) electrons. The van der Waals surface area contributed by atoms with Gasteiger partial charge in [0.25, 0.3) is 0 Å². The summed E-state index contributed by atoms with van der Waals surface area (Å²) < 4.78 is 27.3. The van der Waals surface area contributed by atoms with Crippen molar-refractivity contribution in [2.24, 2.45) is 0 Å². The molecule has 0 spiro atoms. The first-order valence-corrected chi connectivity index (χ1v) is 8.53. The number of sulfonamides is 1. The highest BCUT2D eigenvalue weighted by Gasteiger charge is 2.14.